The third-order valence-corrected chi connectivity index (χ3v) is 3.66. The maximum absolute atomic E-state index is 13.0. The van der Waals surface area contributed by atoms with Crippen molar-refractivity contribution in [3.8, 4) is 16.9 Å². The largest absolute Gasteiger partial charge is 0.461 e. The normalized spacial score (nSPS) is 12.1. The summed E-state index contributed by atoms with van der Waals surface area (Å²) in [6, 6.07) is 10.7. The van der Waals surface area contributed by atoms with Crippen molar-refractivity contribution in [3.63, 3.8) is 0 Å². The first kappa shape index (κ1) is 19.7. The van der Waals surface area contributed by atoms with Crippen LogP contribution in [-0.2, 0) is 10.0 Å². The number of benzene rings is 2. The second-order valence-electron chi connectivity index (χ2n) is 5.27. The van der Waals surface area contributed by atoms with Crippen LogP contribution in [0.5, 0.6) is 5.75 Å². The minimum Gasteiger partial charge on any atom is -0.428 e. The number of rotatable bonds is 6. The van der Waals surface area contributed by atoms with E-state index in [9.17, 15) is 30.8 Å². The van der Waals surface area contributed by atoms with Crippen molar-refractivity contribution >= 4 is 15.9 Å². The van der Waals surface area contributed by atoms with E-state index >= 15 is 0 Å². The number of amides is 1. The number of carbonyl (C=O) groups is 1. The van der Waals surface area contributed by atoms with Gasteiger partial charge in [-0.1, -0.05) is 24.3 Å². The quantitative estimate of drug-likeness (QED) is 0.767. The topological polar surface area (TPSA) is 72.5 Å². The molecule has 0 radical (unpaired) electrons. The van der Waals surface area contributed by atoms with Gasteiger partial charge in [0.25, 0.3) is 5.91 Å². The van der Waals surface area contributed by atoms with Crippen LogP contribution in [0, 0.1) is 0 Å². The molecule has 26 heavy (non-hydrogen) atoms. The molecular formula is C16H13F4NO4S. The van der Waals surface area contributed by atoms with Gasteiger partial charge in [-0.2, -0.15) is 17.6 Å². The van der Waals surface area contributed by atoms with Gasteiger partial charge in [0.15, 0.2) is 0 Å². The van der Waals surface area contributed by atoms with Crippen molar-refractivity contribution < 1.29 is 35.5 Å². The van der Waals surface area contributed by atoms with Gasteiger partial charge in [0.2, 0.25) is 10.0 Å². The summed E-state index contributed by atoms with van der Waals surface area (Å²) < 4.78 is 78.3. The van der Waals surface area contributed by atoms with Crippen LogP contribution in [0.25, 0.3) is 11.1 Å². The van der Waals surface area contributed by atoms with Crippen LogP contribution < -0.4 is 9.46 Å². The van der Waals surface area contributed by atoms with E-state index in [2.05, 4.69) is 4.74 Å². The highest BCUT2D eigenvalue weighted by Crippen LogP contribution is 2.30. The van der Waals surface area contributed by atoms with Crippen molar-refractivity contribution in [2.24, 2.45) is 0 Å². The highest BCUT2D eigenvalue weighted by atomic mass is 32.2. The van der Waals surface area contributed by atoms with Crippen LogP contribution in [0.15, 0.2) is 48.5 Å². The Bertz CT molecular complexity index is 899. The van der Waals surface area contributed by atoms with Crippen LogP contribution in [-0.4, -0.2) is 33.1 Å². The zero-order valence-corrected chi connectivity index (χ0v) is 14.1. The van der Waals surface area contributed by atoms with Crippen molar-refractivity contribution in [1.29, 1.82) is 0 Å². The van der Waals surface area contributed by atoms with Gasteiger partial charge in [-0.3, -0.25) is 4.79 Å². The molecule has 0 heterocycles. The fourth-order valence-corrected chi connectivity index (χ4v) is 2.44. The van der Waals surface area contributed by atoms with Crippen LogP contribution in [0.1, 0.15) is 10.4 Å². The summed E-state index contributed by atoms with van der Waals surface area (Å²) >= 11 is 0. The van der Waals surface area contributed by atoms with E-state index in [1.54, 1.807) is 4.72 Å². The molecule has 1 N–H and O–H groups in total. The summed E-state index contributed by atoms with van der Waals surface area (Å²) in [6.07, 6.45) is -7.76. The summed E-state index contributed by atoms with van der Waals surface area (Å²) in [5.41, 5.74) is 0.921. The maximum atomic E-state index is 13.0. The molecule has 0 saturated heterocycles. The highest BCUT2D eigenvalue weighted by Gasteiger charge is 2.43. The molecule has 0 aliphatic rings. The fraction of sp³-hybridized carbons (Fsp3) is 0.188. The first-order chi connectivity index (χ1) is 12.0. The van der Waals surface area contributed by atoms with E-state index in [4.69, 9.17) is 0 Å². The molecule has 1 amide bonds. The van der Waals surface area contributed by atoms with Gasteiger partial charge < -0.3 is 4.74 Å². The van der Waals surface area contributed by atoms with E-state index in [0.717, 1.165) is 18.4 Å². The molecule has 2 aromatic carbocycles. The molecule has 0 fully saturated rings. The summed E-state index contributed by atoms with van der Waals surface area (Å²) in [5, 5.41) is 0. The lowest BCUT2D eigenvalue weighted by molar-refractivity contribution is -0.253. The summed E-state index contributed by atoms with van der Waals surface area (Å²) in [7, 11) is -3.71. The molecule has 10 heteroatoms. The Morgan fingerprint density at radius 3 is 2.23 bits per heavy atom. The predicted molar refractivity (Wildman–Crippen MR) is 85.8 cm³/mol. The smallest absolute Gasteiger partial charge is 0.428 e. The zero-order chi connectivity index (χ0) is 19.5. The Labute approximate surface area is 146 Å². The van der Waals surface area contributed by atoms with E-state index in [1.165, 1.54) is 36.4 Å². The Hall–Kier alpha value is -2.62. The predicted octanol–water partition coefficient (Wildman–Crippen LogP) is 3.28. The highest BCUT2D eigenvalue weighted by molar-refractivity contribution is 7.89. The van der Waals surface area contributed by atoms with Crippen molar-refractivity contribution in [2.75, 3.05) is 6.26 Å². The zero-order valence-electron chi connectivity index (χ0n) is 13.2. The Morgan fingerprint density at radius 1 is 1.08 bits per heavy atom. The standard InChI is InChI=1S/C16H13F4NO4S/c1-26(23,24)21-14(22)11-7-5-10(6-8-11)12-3-2-4-13(9-12)25-16(19,20)15(17)18/h2-9,15H,1H3,(H,21,22). The second-order valence-corrected chi connectivity index (χ2v) is 7.02. The molecule has 0 bridgehead atoms. The number of nitrogens with one attached hydrogen (secondary N) is 1. The van der Waals surface area contributed by atoms with Crippen molar-refractivity contribution in [2.45, 2.75) is 12.5 Å². The van der Waals surface area contributed by atoms with Gasteiger partial charge in [-0.15, -0.1) is 0 Å². The van der Waals surface area contributed by atoms with Gasteiger partial charge in [0.1, 0.15) is 5.75 Å². The molecule has 2 rings (SSSR count). The molecule has 0 aliphatic heterocycles. The summed E-state index contributed by atoms with van der Waals surface area (Å²) in [6.45, 7) is 0. The first-order valence-electron chi connectivity index (χ1n) is 7.05. The van der Waals surface area contributed by atoms with Crippen molar-refractivity contribution in [1.82, 2.24) is 4.72 Å². The van der Waals surface area contributed by atoms with Gasteiger partial charge in [0.05, 0.1) is 6.26 Å². The second kappa shape index (κ2) is 7.32. The van der Waals surface area contributed by atoms with E-state index in [1.807, 2.05) is 0 Å². The van der Waals surface area contributed by atoms with Gasteiger partial charge >= 0.3 is 12.5 Å². The van der Waals surface area contributed by atoms with Crippen LogP contribution in [0.3, 0.4) is 0 Å². The third kappa shape index (κ3) is 5.19. The molecule has 0 unspecified atom stereocenters. The number of hydrogen-bond donors (Lipinski definition) is 1. The van der Waals surface area contributed by atoms with E-state index in [0.29, 0.717) is 11.1 Å². The molecule has 2 aromatic rings. The Balaban J connectivity index is 2.22. The average molecular weight is 391 g/mol. The third-order valence-electron chi connectivity index (χ3n) is 3.10. The lowest BCUT2D eigenvalue weighted by Gasteiger charge is -2.17. The molecule has 140 valence electrons. The van der Waals surface area contributed by atoms with E-state index in [-0.39, 0.29) is 5.56 Å². The number of hydrogen-bond acceptors (Lipinski definition) is 4. The number of carbonyl (C=O) groups excluding carboxylic acids is 1. The molecule has 0 aliphatic carbocycles. The SMILES string of the molecule is CS(=O)(=O)NC(=O)c1ccc(-c2cccc(OC(F)(F)C(F)F)c2)cc1. The first-order valence-corrected chi connectivity index (χ1v) is 8.95. The minimum atomic E-state index is -4.62. The average Bonchev–Trinajstić information content (AvgIpc) is 2.53. The number of ether oxygens (including phenoxy) is 1. The molecule has 0 aromatic heterocycles. The lowest BCUT2D eigenvalue weighted by atomic mass is 10.0. The van der Waals surface area contributed by atoms with Gasteiger partial charge in [0, 0.05) is 5.56 Å². The van der Waals surface area contributed by atoms with Crippen LogP contribution >= 0.6 is 0 Å². The molecule has 0 saturated carbocycles. The van der Waals surface area contributed by atoms with Crippen LogP contribution in [0.2, 0.25) is 0 Å². The Morgan fingerprint density at radius 2 is 1.69 bits per heavy atom. The van der Waals surface area contributed by atoms with Gasteiger partial charge in [-0.25, -0.2) is 13.1 Å². The van der Waals surface area contributed by atoms with Crippen LogP contribution in [0.4, 0.5) is 17.6 Å². The molecule has 0 atom stereocenters. The van der Waals surface area contributed by atoms with Crippen molar-refractivity contribution in [3.05, 3.63) is 54.1 Å². The number of halogens is 4. The minimum absolute atomic E-state index is 0.0656. The fourth-order valence-electron chi connectivity index (χ4n) is 1.98. The maximum Gasteiger partial charge on any atom is 0.461 e. The van der Waals surface area contributed by atoms with E-state index < -0.39 is 34.2 Å². The van der Waals surface area contributed by atoms with Gasteiger partial charge in [-0.05, 0) is 35.4 Å². The molecular weight excluding hydrogens is 378 g/mol. The summed E-state index contributed by atoms with van der Waals surface area (Å²) in [4.78, 5) is 11.7. The number of alkyl halides is 4. The lowest BCUT2D eigenvalue weighted by Crippen LogP contribution is -2.33. The summed E-state index contributed by atoms with van der Waals surface area (Å²) in [5.74, 6) is -1.28. The Kier molecular flexibility index (Phi) is 5.55. The number of sulfonamides is 1. The molecule has 5 nitrogen and oxygen atoms in total. The molecule has 0 spiro atoms. The monoisotopic (exact) mass is 391 g/mol.